The zero-order chi connectivity index (χ0) is 13.8. The van der Waals surface area contributed by atoms with Crippen molar-refractivity contribution in [1.29, 1.82) is 0 Å². The molecule has 0 aromatic heterocycles. The molecule has 0 radical (unpaired) electrons. The summed E-state index contributed by atoms with van der Waals surface area (Å²) in [7, 11) is 1.62. The van der Waals surface area contributed by atoms with Crippen LogP contribution in [0.4, 0.5) is 0 Å². The SMILES string of the molecule is COc1ccc(C(N)Cc2ccc(Br)cc2)c(Cl)c1. The van der Waals surface area contributed by atoms with Gasteiger partial charge in [0.05, 0.1) is 7.11 Å². The molecular formula is C15H15BrClNO. The number of rotatable bonds is 4. The van der Waals surface area contributed by atoms with Crippen molar-refractivity contribution >= 4 is 27.5 Å². The molecule has 100 valence electrons. The first-order chi connectivity index (χ1) is 9.10. The van der Waals surface area contributed by atoms with Crippen LogP contribution in [0.1, 0.15) is 17.2 Å². The molecule has 0 amide bonds. The largest absolute Gasteiger partial charge is 0.497 e. The monoisotopic (exact) mass is 339 g/mol. The molecule has 0 saturated carbocycles. The third-order valence-corrected chi connectivity index (χ3v) is 3.83. The van der Waals surface area contributed by atoms with Gasteiger partial charge in [-0.25, -0.2) is 0 Å². The molecule has 2 rings (SSSR count). The lowest BCUT2D eigenvalue weighted by Gasteiger charge is -2.14. The molecule has 0 fully saturated rings. The average Bonchev–Trinajstić information content (AvgIpc) is 2.41. The Balaban J connectivity index is 2.15. The summed E-state index contributed by atoms with van der Waals surface area (Å²) >= 11 is 9.64. The van der Waals surface area contributed by atoms with Crippen LogP contribution in [0.25, 0.3) is 0 Å². The van der Waals surface area contributed by atoms with Crippen molar-refractivity contribution in [2.75, 3.05) is 7.11 Å². The highest BCUT2D eigenvalue weighted by molar-refractivity contribution is 9.10. The van der Waals surface area contributed by atoms with Crippen LogP contribution < -0.4 is 10.5 Å². The Bertz CT molecular complexity index is 557. The van der Waals surface area contributed by atoms with Crippen molar-refractivity contribution < 1.29 is 4.74 Å². The Hall–Kier alpha value is -1.03. The summed E-state index contributed by atoms with van der Waals surface area (Å²) in [5.74, 6) is 0.740. The standard InChI is InChI=1S/C15H15BrClNO/c1-19-12-6-7-13(14(17)9-12)15(18)8-10-2-4-11(16)5-3-10/h2-7,9,15H,8,18H2,1H3. The van der Waals surface area contributed by atoms with Crippen LogP contribution in [0.2, 0.25) is 5.02 Å². The van der Waals surface area contributed by atoms with Crippen molar-refractivity contribution in [2.45, 2.75) is 12.5 Å². The zero-order valence-electron chi connectivity index (χ0n) is 10.6. The van der Waals surface area contributed by atoms with Crippen molar-refractivity contribution in [1.82, 2.24) is 0 Å². The third-order valence-electron chi connectivity index (χ3n) is 2.98. The lowest BCUT2D eigenvalue weighted by atomic mass is 9.99. The van der Waals surface area contributed by atoms with E-state index in [0.29, 0.717) is 5.02 Å². The van der Waals surface area contributed by atoms with E-state index in [1.807, 2.05) is 24.3 Å². The van der Waals surface area contributed by atoms with Crippen molar-refractivity contribution in [2.24, 2.45) is 5.73 Å². The highest BCUT2D eigenvalue weighted by Crippen LogP contribution is 2.28. The van der Waals surface area contributed by atoms with Crippen LogP contribution in [0.3, 0.4) is 0 Å². The Morgan fingerprint density at radius 2 is 1.89 bits per heavy atom. The first-order valence-electron chi connectivity index (χ1n) is 5.93. The van der Waals surface area contributed by atoms with Crippen LogP contribution in [0.15, 0.2) is 46.9 Å². The Kier molecular flexibility index (Phi) is 4.86. The predicted octanol–water partition coefficient (Wildman–Crippen LogP) is 4.35. The van der Waals surface area contributed by atoms with E-state index >= 15 is 0 Å². The Morgan fingerprint density at radius 3 is 2.47 bits per heavy atom. The third kappa shape index (κ3) is 3.72. The number of halogens is 2. The quantitative estimate of drug-likeness (QED) is 0.898. The van der Waals surface area contributed by atoms with Crippen LogP contribution in [0.5, 0.6) is 5.75 Å². The smallest absolute Gasteiger partial charge is 0.120 e. The highest BCUT2D eigenvalue weighted by atomic mass is 79.9. The van der Waals surface area contributed by atoms with E-state index in [1.54, 1.807) is 13.2 Å². The minimum absolute atomic E-state index is 0.125. The van der Waals surface area contributed by atoms with Crippen LogP contribution >= 0.6 is 27.5 Å². The molecule has 2 nitrogen and oxygen atoms in total. The van der Waals surface area contributed by atoms with E-state index in [4.69, 9.17) is 22.1 Å². The molecule has 0 bridgehead atoms. The first kappa shape index (κ1) is 14.4. The van der Waals surface area contributed by atoms with Gasteiger partial charge < -0.3 is 10.5 Å². The maximum absolute atomic E-state index is 6.23. The normalized spacial score (nSPS) is 12.2. The molecule has 1 atom stereocenters. The predicted molar refractivity (Wildman–Crippen MR) is 82.8 cm³/mol. The molecule has 0 aliphatic heterocycles. The summed E-state index contributed by atoms with van der Waals surface area (Å²) in [6, 6.07) is 13.6. The second kappa shape index (κ2) is 6.42. The van der Waals surface area contributed by atoms with Crippen LogP contribution in [0, 0.1) is 0 Å². The number of hydrogen-bond donors (Lipinski definition) is 1. The van der Waals surface area contributed by atoms with Gasteiger partial charge >= 0.3 is 0 Å². The summed E-state index contributed by atoms with van der Waals surface area (Å²) in [5.41, 5.74) is 8.34. The van der Waals surface area contributed by atoms with Gasteiger partial charge in [-0.05, 0) is 41.8 Å². The summed E-state index contributed by atoms with van der Waals surface area (Å²) in [6.07, 6.45) is 0.749. The Morgan fingerprint density at radius 1 is 1.21 bits per heavy atom. The number of methoxy groups -OCH3 is 1. The minimum Gasteiger partial charge on any atom is -0.497 e. The van der Waals surface area contributed by atoms with E-state index in [-0.39, 0.29) is 6.04 Å². The van der Waals surface area contributed by atoms with E-state index < -0.39 is 0 Å². The van der Waals surface area contributed by atoms with Crippen LogP contribution in [-0.2, 0) is 6.42 Å². The van der Waals surface area contributed by atoms with E-state index in [9.17, 15) is 0 Å². The van der Waals surface area contributed by atoms with Gasteiger partial charge in [-0.2, -0.15) is 0 Å². The summed E-state index contributed by atoms with van der Waals surface area (Å²) in [5, 5.41) is 0.643. The fraction of sp³-hybridized carbons (Fsp3) is 0.200. The second-order valence-electron chi connectivity index (χ2n) is 4.32. The van der Waals surface area contributed by atoms with Gasteiger partial charge in [0.15, 0.2) is 0 Å². The van der Waals surface area contributed by atoms with E-state index in [1.165, 1.54) is 5.56 Å². The number of benzene rings is 2. The van der Waals surface area contributed by atoms with Crippen molar-refractivity contribution in [3.05, 3.63) is 63.1 Å². The molecule has 2 N–H and O–H groups in total. The molecule has 0 spiro atoms. The molecule has 4 heteroatoms. The van der Waals surface area contributed by atoms with Gasteiger partial charge in [0.25, 0.3) is 0 Å². The van der Waals surface area contributed by atoms with Crippen LogP contribution in [-0.4, -0.2) is 7.11 Å². The fourth-order valence-corrected chi connectivity index (χ4v) is 2.49. The fourth-order valence-electron chi connectivity index (χ4n) is 1.92. The minimum atomic E-state index is -0.125. The van der Waals surface area contributed by atoms with Gasteiger partial charge in [-0.1, -0.05) is 45.7 Å². The zero-order valence-corrected chi connectivity index (χ0v) is 12.9. The molecule has 2 aromatic rings. The number of hydrogen-bond acceptors (Lipinski definition) is 2. The Labute approximate surface area is 126 Å². The number of ether oxygens (including phenoxy) is 1. The van der Waals surface area contributed by atoms with Crippen molar-refractivity contribution in [3.8, 4) is 5.75 Å². The molecule has 2 aromatic carbocycles. The molecule has 0 aliphatic rings. The molecule has 0 aliphatic carbocycles. The van der Waals surface area contributed by atoms with E-state index in [0.717, 1.165) is 22.2 Å². The lowest BCUT2D eigenvalue weighted by Crippen LogP contribution is -2.13. The number of nitrogens with two attached hydrogens (primary N) is 1. The summed E-state index contributed by atoms with van der Waals surface area (Å²) in [6.45, 7) is 0. The summed E-state index contributed by atoms with van der Waals surface area (Å²) in [4.78, 5) is 0. The summed E-state index contributed by atoms with van der Waals surface area (Å²) < 4.78 is 6.19. The second-order valence-corrected chi connectivity index (χ2v) is 5.65. The van der Waals surface area contributed by atoms with Gasteiger partial charge in [-0.15, -0.1) is 0 Å². The molecule has 0 heterocycles. The molecule has 1 unspecified atom stereocenters. The topological polar surface area (TPSA) is 35.2 Å². The van der Waals surface area contributed by atoms with Crippen molar-refractivity contribution in [3.63, 3.8) is 0 Å². The first-order valence-corrected chi connectivity index (χ1v) is 7.10. The molecular weight excluding hydrogens is 326 g/mol. The van der Waals surface area contributed by atoms with Gasteiger partial charge in [-0.3, -0.25) is 0 Å². The highest BCUT2D eigenvalue weighted by Gasteiger charge is 2.11. The molecule has 0 saturated heterocycles. The maximum Gasteiger partial charge on any atom is 0.120 e. The van der Waals surface area contributed by atoms with Gasteiger partial charge in [0, 0.05) is 15.5 Å². The van der Waals surface area contributed by atoms with Gasteiger partial charge in [0.1, 0.15) is 5.75 Å². The average molecular weight is 341 g/mol. The molecule has 19 heavy (non-hydrogen) atoms. The lowest BCUT2D eigenvalue weighted by molar-refractivity contribution is 0.414. The maximum atomic E-state index is 6.23. The van der Waals surface area contributed by atoms with Gasteiger partial charge in [0.2, 0.25) is 0 Å². The van der Waals surface area contributed by atoms with E-state index in [2.05, 4.69) is 28.1 Å².